The molecular weight excluding hydrogens is 248 g/mol. The molecule has 2 rings (SSSR count). The molecule has 0 saturated carbocycles. The third-order valence-electron chi connectivity index (χ3n) is 3.44. The van der Waals surface area contributed by atoms with Crippen LogP contribution in [-0.4, -0.2) is 11.6 Å². The third-order valence-corrected chi connectivity index (χ3v) is 5.13. The van der Waals surface area contributed by atoms with Crippen LogP contribution in [0.1, 0.15) is 38.2 Å². The van der Waals surface area contributed by atoms with Gasteiger partial charge in [-0.05, 0) is 42.2 Å². The predicted molar refractivity (Wildman–Crippen MR) is 78.2 cm³/mol. The normalized spacial score (nSPS) is 20.6. The molecule has 17 heavy (non-hydrogen) atoms. The molecule has 0 N–H and O–H groups in total. The molecule has 1 heterocycles. The molecule has 1 aliphatic rings. The van der Waals surface area contributed by atoms with Gasteiger partial charge in [0.05, 0.1) is 0 Å². The lowest BCUT2D eigenvalue weighted by Crippen LogP contribution is -2.11. The van der Waals surface area contributed by atoms with Gasteiger partial charge in [-0.25, -0.2) is 0 Å². The summed E-state index contributed by atoms with van der Waals surface area (Å²) in [5.74, 6) is 4.20. The van der Waals surface area contributed by atoms with E-state index in [1.54, 1.807) is 5.56 Å². The van der Waals surface area contributed by atoms with Gasteiger partial charge < -0.3 is 0 Å². The Balaban J connectivity index is 2.00. The molecule has 0 spiro atoms. The summed E-state index contributed by atoms with van der Waals surface area (Å²) in [7, 11) is 0. The molecule has 1 aliphatic heterocycles. The van der Waals surface area contributed by atoms with Gasteiger partial charge in [-0.2, -0.15) is 0 Å². The zero-order valence-corrected chi connectivity index (χ0v) is 12.2. The molecule has 1 aromatic rings. The molecule has 0 aliphatic carbocycles. The van der Waals surface area contributed by atoms with Gasteiger partial charge >= 0.3 is 0 Å². The van der Waals surface area contributed by atoms with Crippen LogP contribution in [0.4, 0.5) is 0 Å². The van der Waals surface area contributed by atoms with Gasteiger partial charge in [0, 0.05) is 16.5 Å². The van der Waals surface area contributed by atoms with Crippen molar-refractivity contribution in [3.8, 4) is 0 Å². The number of benzene rings is 1. The number of hydrogen-bond acceptors (Lipinski definition) is 1. The molecule has 2 heteroatoms. The first-order valence-corrected chi connectivity index (χ1v) is 8.00. The molecule has 0 aromatic heterocycles. The summed E-state index contributed by atoms with van der Waals surface area (Å²) in [5, 5.41) is 0. The van der Waals surface area contributed by atoms with Crippen LogP contribution in [0.15, 0.2) is 29.2 Å². The minimum Gasteiger partial charge on any atom is -0.126 e. The number of alkyl halides is 1. The highest BCUT2D eigenvalue weighted by atomic mass is 35.5. The van der Waals surface area contributed by atoms with E-state index in [-0.39, 0.29) is 0 Å². The van der Waals surface area contributed by atoms with Crippen molar-refractivity contribution in [2.45, 2.75) is 37.5 Å². The van der Waals surface area contributed by atoms with E-state index in [0.29, 0.717) is 5.92 Å². The van der Waals surface area contributed by atoms with E-state index in [4.69, 9.17) is 11.6 Å². The van der Waals surface area contributed by atoms with Crippen molar-refractivity contribution in [2.75, 3.05) is 11.6 Å². The Kier molecular flexibility index (Phi) is 4.81. The van der Waals surface area contributed by atoms with E-state index in [1.165, 1.54) is 23.5 Å². The van der Waals surface area contributed by atoms with Gasteiger partial charge in [0.25, 0.3) is 0 Å². The van der Waals surface area contributed by atoms with Gasteiger partial charge in [0.15, 0.2) is 0 Å². The van der Waals surface area contributed by atoms with Crippen molar-refractivity contribution < 1.29 is 0 Å². The largest absolute Gasteiger partial charge is 0.126 e. The zero-order valence-electron chi connectivity index (χ0n) is 10.7. The number of thioether (sulfide) groups is 1. The molecule has 94 valence electrons. The monoisotopic (exact) mass is 268 g/mol. The van der Waals surface area contributed by atoms with Gasteiger partial charge in [-0.1, -0.05) is 32.0 Å². The van der Waals surface area contributed by atoms with Crippen molar-refractivity contribution in [3.63, 3.8) is 0 Å². The van der Waals surface area contributed by atoms with Crippen LogP contribution in [0.25, 0.3) is 0 Å². The van der Waals surface area contributed by atoms with Crippen LogP contribution in [0.2, 0.25) is 0 Å². The molecule has 0 amide bonds. The number of halogens is 1. The summed E-state index contributed by atoms with van der Waals surface area (Å²) < 4.78 is 0. The molecule has 0 nitrogen and oxygen atoms in total. The maximum Gasteiger partial charge on any atom is 0.0252 e. The van der Waals surface area contributed by atoms with Crippen LogP contribution in [0.3, 0.4) is 0 Å². The molecule has 0 saturated heterocycles. The first-order chi connectivity index (χ1) is 8.20. The van der Waals surface area contributed by atoms with E-state index in [9.17, 15) is 0 Å². The fourth-order valence-corrected chi connectivity index (χ4v) is 4.24. The summed E-state index contributed by atoms with van der Waals surface area (Å²) in [4.78, 5) is 1.48. The Labute approximate surface area is 114 Å². The second-order valence-electron chi connectivity index (χ2n) is 5.43. The average Bonchev–Trinajstić information content (AvgIpc) is 2.71. The van der Waals surface area contributed by atoms with Crippen molar-refractivity contribution >= 4 is 23.4 Å². The molecule has 0 fully saturated rings. The van der Waals surface area contributed by atoms with Crippen LogP contribution in [0, 0.1) is 11.8 Å². The SMILES string of the molecule is CC(C)CC(CCl)CC1CSc2ccccc21. The quantitative estimate of drug-likeness (QED) is 0.664. The predicted octanol–water partition coefficient (Wildman–Crippen LogP) is 5.17. The summed E-state index contributed by atoms with van der Waals surface area (Å²) in [5.41, 5.74) is 1.55. The number of hydrogen-bond donors (Lipinski definition) is 0. The van der Waals surface area contributed by atoms with Crippen LogP contribution in [-0.2, 0) is 0 Å². The lowest BCUT2D eigenvalue weighted by molar-refractivity contribution is 0.399. The molecule has 2 atom stereocenters. The van der Waals surface area contributed by atoms with Crippen molar-refractivity contribution in [2.24, 2.45) is 11.8 Å². The lowest BCUT2D eigenvalue weighted by atomic mass is 9.87. The molecule has 0 bridgehead atoms. The third kappa shape index (κ3) is 3.42. The number of rotatable bonds is 5. The summed E-state index contributed by atoms with van der Waals surface area (Å²) >= 11 is 8.11. The van der Waals surface area contributed by atoms with E-state index in [1.807, 2.05) is 11.8 Å². The summed E-state index contributed by atoms with van der Waals surface area (Å²) in [6.07, 6.45) is 2.51. The van der Waals surface area contributed by atoms with E-state index < -0.39 is 0 Å². The Morgan fingerprint density at radius 2 is 2.12 bits per heavy atom. The highest BCUT2D eigenvalue weighted by Gasteiger charge is 2.25. The van der Waals surface area contributed by atoms with E-state index >= 15 is 0 Å². The highest BCUT2D eigenvalue weighted by Crippen LogP contribution is 2.43. The van der Waals surface area contributed by atoms with E-state index in [0.717, 1.165) is 17.7 Å². The van der Waals surface area contributed by atoms with Crippen LogP contribution >= 0.6 is 23.4 Å². The van der Waals surface area contributed by atoms with Crippen LogP contribution < -0.4 is 0 Å². The van der Waals surface area contributed by atoms with Crippen molar-refractivity contribution in [3.05, 3.63) is 29.8 Å². The minimum atomic E-state index is 0.674. The maximum absolute atomic E-state index is 6.11. The highest BCUT2D eigenvalue weighted by molar-refractivity contribution is 7.99. The fourth-order valence-electron chi connectivity index (χ4n) is 2.72. The van der Waals surface area contributed by atoms with Gasteiger partial charge in [0.1, 0.15) is 0 Å². The lowest BCUT2D eigenvalue weighted by Gasteiger charge is -2.20. The van der Waals surface area contributed by atoms with Gasteiger partial charge in [0.2, 0.25) is 0 Å². The standard InChI is InChI=1S/C15H21ClS/c1-11(2)7-12(9-16)8-13-10-17-15-6-4-3-5-14(13)15/h3-6,11-13H,7-10H2,1-2H3. The molecular formula is C15H21ClS. The first-order valence-electron chi connectivity index (χ1n) is 6.48. The Morgan fingerprint density at radius 3 is 2.82 bits per heavy atom. The van der Waals surface area contributed by atoms with Crippen LogP contribution in [0.5, 0.6) is 0 Å². The smallest absolute Gasteiger partial charge is 0.0252 e. The van der Waals surface area contributed by atoms with E-state index in [2.05, 4.69) is 38.1 Å². The summed E-state index contributed by atoms with van der Waals surface area (Å²) in [6, 6.07) is 8.84. The van der Waals surface area contributed by atoms with Crippen molar-refractivity contribution in [1.82, 2.24) is 0 Å². The second-order valence-corrected chi connectivity index (χ2v) is 6.80. The maximum atomic E-state index is 6.11. The second kappa shape index (κ2) is 6.15. The van der Waals surface area contributed by atoms with Gasteiger partial charge in [-0.3, -0.25) is 0 Å². The van der Waals surface area contributed by atoms with Gasteiger partial charge in [-0.15, -0.1) is 23.4 Å². The minimum absolute atomic E-state index is 0.674. The number of fused-ring (bicyclic) bond motifs is 1. The molecule has 0 radical (unpaired) electrons. The first kappa shape index (κ1) is 13.3. The average molecular weight is 269 g/mol. The Morgan fingerprint density at radius 1 is 1.35 bits per heavy atom. The molecule has 1 aromatic carbocycles. The fraction of sp³-hybridized carbons (Fsp3) is 0.600. The Hall–Kier alpha value is -0.140. The topological polar surface area (TPSA) is 0 Å². The van der Waals surface area contributed by atoms with Crippen molar-refractivity contribution in [1.29, 1.82) is 0 Å². The Bertz CT molecular complexity index is 362. The summed E-state index contributed by atoms with van der Waals surface area (Å²) in [6.45, 7) is 4.58. The zero-order chi connectivity index (χ0) is 12.3. The molecule has 2 unspecified atom stereocenters.